The van der Waals surface area contributed by atoms with Crippen LogP contribution >= 0.6 is 0 Å². The fraction of sp³-hybridized carbons (Fsp3) is 0.562. The van der Waals surface area contributed by atoms with Gasteiger partial charge in [-0.05, 0) is 45.4 Å². The molecule has 1 aromatic carbocycles. The van der Waals surface area contributed by atoms with Gasteiger partial charge >= 0.3 is 12.5 Å². The Kier molecular flexibility index (Phi) is 6.89. The lowest BCUT2D eigenvalue weighted by atomic mass is 10.1. The average Bonchev–Trinajstić information content (AvgIpc) is 2.40. The predicted molar refractivity (Wildman–Crippen MR) is 83.8 cm³/mol. The maximum Gasteiger partial charge on any atom is 0.573 e. The van der Waals surface area contributed by atoms with Crippen molar-refractivity contribution in [2.75, 3.05) is 13.1 Å². The molecule has 1 atom stereocenters. The third kappa shape index (κ3) is 8.61. The van der Waals surface area contributed by atoms with Crippen molar-refractivity contribution in [3.8, 4) is 5.75 Å². The number of carbonyl (C=O) groups is 1. The number of rotatable bonds is 6. The molecule has 0 aliphatic carbocycles. The minimum atomic E-state index is -4.70. The number of nitrogens with one attached hydrogen (secondary N) is 2. The van der Waals surface area contributed by atoms with Crippen molar-refractivity contribution in [3.05, 3.63) is 29.8 Å². The van der Waals surface area contributed by atoms with Crippen LogP contribution in [0.2, 0.25) is 0 Å². The number of alkyl halides is 3. The molecule has 5 nitrogen and oxygen atoms in total. The number of carbonyl (C=O) groups excluding carboxylic acids is 1. The van der Waals surface area contributed by atoms with Crippen molar-refractivity contribution in [2.24, 2.45) is 0 Å². The number of benzene rings is 1. The number of halogens is 3. The summed E-state index contributed by atoms with van der Waals surface area (Å²) in [6.45, 7) is 8.06. The standard InChI is InChI=1S/C16H23F3N2O3/c1-11(20-9-10-21-14(22)24-15(2,3)4)12-5-7-13(8-6-12)23-16(17,18)19/h5-8,11,20H,9-10H2,1-4H3,(H,21,22). The van der Waals surface area contributed by atoms with E-state index < -0.39 is 18.1 Å². The van der Waals surface area contributed by atoms with Crippen LogP contribution in [0.15, 0.2) is 24.3 Å². The molecule has 0 aliphatic heterocycles. The molecule has 1 aromatic rings. The van der Waals surface area contributed by atoms with Crippen LogP contribution in [0.5, 0.6) is 5.75 Å². The fourth-order valence-corrected chi connectivity index (χ4v) is 1.84. The summed E-state index contributed by atoms with van der Waals surface area (Å²) in [5.74, 6) is -0.259. The highest BCUT2D eigenvalue weighted by Gasteiger charge is 2.31. The number of hydrogen-bond donors (Lipinski definition) is 2. The summed E-state index contributed by atoms with van der Waals surface area (Å²) in [5.41, 5.74) is 0.257. The summed E-state index contributed by atoms with van der Waals surface area (Å²) in [6, 6.07) is 5.55. The smallest absolute Gasteiger partial charge is 0.444 e. The molecular formula is C16H23F3N2O3. The zero-order chi connectivity index (χ0) is 18.4. The van der Waals surface area contributed by atoms with Crippen LogP contribution in [0.3, 0.4) is 0 Å². The molecule has 1 unspecified atom stereocenters. The first-order valence-corrected chi connectivity index (χ1v) is 7.52. The molecular weight excluding hydrogens is 325 g/mol. The third-order valence-electron chi connectivity index (χ3n) is 2.86. The zero-order valence-corrected chi connectivity index (χ0v) is 14.2. The van der Waals surface area contributed by atoms with Gasteiger partial charge in [0.15, 0.2) is 0 Å². The number of hydrogen-bond acceptors (Lipinski definition) is 4. The molecule has 8 heteroatoms. The fourth-order valence-electron chi connectivity index (χ4n) is 1.84. The molecule has 0 heterocycles. The molecule has 136 valence electrons. The van der Waals surface area contributed by atoms with Gasteiger partial charge in [0, 0.05) is 19.1 Å². The summed E-state index contributed by atoms with van der Waals surface area (Å²) >= 11 is 0. The van der Waals surface area contributed by atoms with Crippen molar-refractivity contribution >= 4 is 6.09 Å². The van der Waals surface area contributed by atoms with E-state index in [-0.39, 0.29) is 11.8 Å². The zero-order valence-electron chi connectivity index (χ0n) is 14.2. The second-order valence-corrected chi connectivity index (χ2v) is 6.22. The second kappa shape index (κ2) is 8.23. The molecule has 1 rings (SSSR count). The molecule has 1 amide bonds. The van der Waals surface area contributed by atoms with Gasteiger partial charge in [0.25, 0.3) is 0 Å². The molecule has 24 heavy (non-hydrogen) atoms. The largest absolute Gasteiger partial charge is 0.573 e. The number of amides is 1. The maximum absolute atomic E-state index is 12.1. The Balaban J connectivity index is 2.35. The maximum atomic E-state index is 12.1. The Morgan fingerprint density at radius 3 is 2.21 bits per heavy atom. The summed E-state index contributed by atoms with van der Waals surface area (Å²) < 4.78 is 45.2. The van der Waals surface area contributed by atoms with Crippen molar-refractivity contribution in [1.29, 1.82) is 0 Å². The summed E-state index contributed by atoms with van der Waals surface area (Å²) in [5, 5.41) is 5.76. The molecule has 0 saturated carbocycles. The van der Waals surface area contributed by atoms with E-state index >= 15 is 0 Å². The Bertz CT molecular complexity index is 525. The second-order valence-electron chi connectivity index (χ2n) is 6.22. The number of ether oxygens (including phenoxy) is 2. The Morgan fingerprint density at radius 2 is 1.71 bits per heavy atom. The third-order valence-corrected chi connectivity index (χ3v) is 2.86. The molecule has 0 spiro atoms. The van der Waals surface area contributed by atoms with Gasteiger partial charge in [-0.1, -0.05) is 12.1 Å². The molecule has 2 N–H and O–H groups in total. The summed E-state index contributed by atoms with van der Waals surface area (Å²) in [6.07, 6.45) is -5.19. The molecule has 0 saturated heterocycles. The van der Waals surface area contributed by atoms with Gasteiger partial charge in [-0.25, -0.2) is 4.79 Å². The van der Waals surface area contributed by atoms with Gasteiger partial charge in [0.1, 0.15) is 11.4 Å². The molecule has 0 fully saturated rings. The van der Waals surface area contributed by atoms with Gasteiger partial charge in [-0.2, -0.15) is 0 Å². The van der Waals surface area contributed by atoms with E-state index in [4.69, 9.17) is 4.74 Å². The van der Waals surface area contributed by atoms with Crippen LogP contribution < -0.4 is 15.4 Å². The van der Waals surface area contributed by atoms with Gasteiger partial charge in [-0.3, -0.25) is 0 Å². The van der Waals surface area contributed by atoms with E-state index in [2.05, 4.69) is 15.4 Å². The van der Waals surface area contributed by atoms with Gasteiger partial charge in [0.2, 0.25) is 0 Å². The minimum absolute atomic E-state index is 0.0922. The quantitative estimate of drug-likeness (QED) is 0.769. The average molecular weight is 348 g/mol. The Hall–Kier alpha value is -1.96. The lowest BCUT2D eigenvalue weighted by Gasteiger charge is -2.20. The van der Waals surface area contributed by atoms with E-state index in [1.54, 1.807) is 32.9 Å². The lowest BCUT2D eigenvalue weighted by molar-refractivity contribution is -0.274. The first-order chi connectivity index (χ1) is 11.0. The van der Waals surface area contributed by atoms with Crippen molar-refractivity contribution < 1.29 is 27.4 Å². The molecule has 0 aromatic heterocycles. The van der Waals surface area contributed by atoms with E-state index in [0.29, 0.717) is 13.1 Å². The Labute approximate surface area is 139 Å². The first-order valence-electron chi connectivity index (χ1n) is 7.52. The van der Waals surface area contributed by atoms with E-state index in [9.17, 15) is 18.0 Å². The van der Waals surface area contributed by atoms with Crippen LogP contribution in [0.1, 0.15) is 39.3 Å². The van der Waals surface area contributed by atoms with Gasteiger partial charge in [0.05, 0.1) is 0 Å². The summed E-state index contributed by atoms with van der Waals surface area (Å²) in [7, 11) is 0. The summed E-state index contributed by atoms with van der Waals surface area (Å²) in [4.78, 5) is 11.5. The molecule has 0 bridgehead atoms. The number of alkyl carbamates (subject to hydrolysis) is 1. The first kappa shape index (κ1) is 20.1. The van der Waals surface area contributed by atoms with E-state index in [1.807, 2.05) is 6.92 Å². The normalized spacial score (nSPS) is 13.3. The highest BCUT2D eigenvalue weighted by molar-refractivity contribution is 5.67. The predicted octanol–water partition coefficient (Wildman–Crippen LogP) is 3.76. The van der Waals surface area contributed by atoms with Crippen molar-refractivity contribution in [3.63, 3.8) is 0 Å². The minimum Gasteiger partial charge on any atom is -0.444 e. The highest BCUT2D eigenvalue weighted by Crippen LogP contribution is 2.24. The van der Waals surface area contributed by atoms with Gasteiger partial charge < -0.3 is 20.1 Å². The van der Waals surface area contributed by atoms with Crippen LogP contribution in [0.25, 0.3) is 0 Å². The Morgan fingerprint density at radius 1 is 1.12 bits per heavy atom. The van der Waals surface area contributed by atoms with Crippen LogP contribution in [0.4, 0.5) is 18.0 Å². The van der Waals surface area contributed by atoms with Crippen molar-refractivity contribution in [1.82, 2.24) is 10.6 Å². The van der Waals surface area contributed by atoms with Crippen LogP contribution in [-0.2, 0) is 4.74 Å². The van der Waals surface area contributed by atoms with Gasteiger partial charge in [-0.15, -0.1) is 13.2 Å². The molecule has 0 aliphatic rings. The van der Waals surface area contributed by atoms with E-state index in [0.717, 1.165) is 5.56 Å². The topological polar surface area (TPSA) is 59.6 Å². The SMILES string of the molecule is CC(NCCNC(=O)OC(C)(C)C)c1ccc(OC(F)(F)F)cc1. The van der Waals surface area contributed by atoms with Crippen molar-refractivity contribution in [2.45, 2.75) is 45.7 Å². The lowest BCUT2D eigenvalue weighted by Crippen LogP contribution is -2.36. The highest BCUT2D eigenvalue weighted by atomic mass is 19.4. The van der Waals surface area contributed by atoms with E-state index in [1.165, 1.54) is 12.1 Å². The molecule has 0 radical (unpaired) electrons. The van der Waals surface area contributed by atoms with Crippen LogP contribution in [0, 0.1) is 0 Å². The monoisotopic (exact) mass is 348 g/mol. The van der Waals surface area contributed by atoms with Crippen LogP contribution in [-0.4, -0.2) is 31.1 Å².